The van der Waals surface area contributed by atoms with Gasteiger partial charge in [0.1, 0.15) is 0 Å². The monoisotopic (exact) mass is 187 g/mol. The molecule has 2 unspecified atom stereocenters. The lowest BCUT2D eigenvalue weighted by Crippen LogP contribution is -2.50. The SMILES string of the molecule is CCCC(O)(CC)C(C)NC(C)C. The number of nitrogens with one attached hydrogen (secondary N) is 1. The van der Waals surface area contributed by atoms with Crippen LogP contribution in [0.1, 0.15) is 53.9 Å². The van der Waals surface area contributed by atoms with Crippen LogP contribution in [0.2, 0.25) is 0 Å². The maximum absolute atomic E-state index is 10.3. The van der Waals surface area contributed by atoms with Crippen molar-refractivity contribution in [1.29, 1.82) is 0 Å². The number of hydrogen-bond donors (Lipinski definition) is 2. The van der Waals surface area contributed by atoms with Gasteiger partial charge in [-0.15, -0.1) is 0 Å². The van der Waals surface area contributed by atoms with Gasteiger partial charge in [-0.1, -0.05) is 34.1 Å². The summed E-state index contributed by atoms with van der Waals surface area (Å²) in [5, 5.41) is 13.6. The predicted molar refractivity (Wildman–Crippen MR) is 57.9 cm³/mol. The van der Waals surface area contributed by atoms with Gasteiger partial charge in [-0.25, -0.2) is 0 Å². The molecule has 0 aromatic heterocycles. The van der Waals surface area contributed by atoms with Crippen LogP contribution in [0, 0.1) is 0 Å². The molecule has 13 heavy (non-hydrogen) atoms. The van der Waals surface area contributed by atoms with E-state index in [-0.39, 0.29) is 6.04 Å². The normalized spacial score (nSPS) is 18.7. The molecule has 0 aliphatic heterocycles. The fraction of sp³-hybridized carbons (Fsp3) is 1.00. The van der Waals surface area contributed by atoms with Crippen molar-refractivity contribution < 1.29 is 5.11 Å². The lowest BCUT2D eigenvalue weighted by Gasteiger charge is -2.35. The largest absolute Gasteiger partial charge is 0.388 e. The molecule has 2 heteroatoms. The summed E-state index contributed by atoms with van der Waals surface area (Å²) < 4.78 is 0. The number of hydrogen-bond acceptors (Lipinski definition) is 2. The Hall–Kier alpha value is -0.0800. The molecule has 0 aromatic carbocycles. The Morgan fingerprint density at radius 1 is 1.23 bits per heavy atom. The van der Waals surface area contributed by atoms with Crippen LogP contribution in [0.5, 0.6) is 0 Å². The zero-order valence-electron chi connectivity index (χ0n) is 9.72. The first-order valence-electron chi connectivity index (χ1n) is 5.44. The Bertz CT molecular complexity index is 136. The molecule has 80 valence electrons. The van der Waals surface area contributed by atoms with Crippen molar-refractivity contribution in [1.82, 2.24) is 5.32 Å². The van der Waals surface area contributed by atoms with E-state index in [4.69, 9.17) is 0 Å². The van der Waals surface area contributed by atoms with Gasteiger partial charge in [0.2, 0.25) is 0 Å². The average Bonchev–Trinajstić information content (AvgIpc) is 2.03. The molecule has 0 saturated carbocycles. The van der Waals surface area contributed by atoms with Crippen LogP contribution in [-0.2, 0) is 0 Å². The highest BCUT2D eigenvalue weighted by Gasteiger charge is 2.30. The highest BCUT2D eigenvalue weighted by atomic mass is 16.3. The minimum absolute atomic E-state index is 0.178. The highest BCUT2D eigenvalue weighted by Crippen LogP contribution is 2.21. The van der Waals surface area contributed by atoms with Crippen molar-refractivity contribution in [3.05, 3.63) is 0 Å². The fourth-order valence-corrected chi connectivity index (χ4v) is 1.79. The summed E-state index contributed by atoms with van der Waals surface area (Å²) in [6, 6.07) is 0.613. The van der Waals surface area contributed by atoms with Crippen molar-refractivity contribution in [3.63, 3.8) is 0 Å². The van der Waals surface area contributed by atoms with Crippen molar-refractivity contribution in [2.24, 2.45) is 0 Å². The minimum Gasteiger partial charge on any atom is -0.388 e. The van der Waals surface area contributed by atoms with E-state index in [0.29, 0.717) is 6.04 Å². The predicted octanol–water partition coefficient (Wildman–Crippen LogP) is 2.31. The van der Waals surface area contributed by atoms with Gasteiger partial charge in [0, 0.05) is 12.1 Å². The van der Waals surface area contributed by atoms with E-state index in [1.807, 2.05) is 6.92 Å². The van der Waals surface area contributed by atoms with E-state index in [9.17, 15) is 5.11 Å². The smallest absolute Gasteiger partial charge is 0.0794 e. The van der Waals surface area contributed by atoms with Crippen LogP contribution < -0.4 is 5.32 Å². The summed E-state index contributed by atoms with van der Waals surface area (Å²) in [5.74, 6) is 0. The third kappa shape index (κ3) is 4.10. The molecule has 0 fully saturated rings. The summed E-state index contributed by atoms with van der Waals surface area (Å²) in [7, 11) is 0. The molecular formula is C11H25NO. The van der Waals surface area contributed by atoms with Crippen LogP contribution in [0.4, 0.5) is 0 Å². The lowest BCUT2D eigenvalue weighted by atomic mass is 9.87. The van der Waals surface area contributed by atoms with Crippen LogP contribution in [0.25, 0.3) is 0 Å². The van der Waals surface area contributed by atoms with E-state index in [1.165, 1.54) is 0 Å². The zero-order valence-corrected chi connectivity index (χ0v) is 9.72. The highest BCUT2D eigenvalue weighted by molar-refractivity contribution is 4.88. The Kier molecular flexibility index (Phi) is 5.57. The first-order chi connectivity index (χ1) is 5.96. The maximum atomic E-state index is 10.3. The first kappa shape index (κ1) is 12.9. The van der Waals surface area contributed by atoms with Gasteiger partial charge in [0.05, 0.1) is 5.60 Å². The number of aliphatic hydroxyl groups is 1. The van der Waals surface area contributed by atoms with E-state index in [2.05, 4.69) is 33.0 Å². The molecule has 0 saturated heterocycles. The molecular weight excluding hydrogens is 162 g/mol. The molecule has 0 rings (SSSR count). The third-order valence-corrected chi connectivity index (χ3v) is 2.68. The lowest BCUT2D eigenvalue weighted by molar-refractivity contribution is -0.00739. The van der Waals surface area contributed by atoms with E-state index < -0.39 is 5.60 Å². The second kappa shape index (κ2) is 5.61. The van der Waals surface area contributed by atoms with E-state index in [0.717, 1.165) is 19.3 Å². The van der Waals surface area contributed by atoms with Crippen molar-refractivity contribution >= 4 is 0 Å². The van der Waals surface area contributed by atoms with Crippen molar-refractivity contribution in [2.75, 3.05) is 0 Å². The Morgan fingerprint density at radius 2 is 1.77 bits per heavy atom. The molecule has 2 N–H and O–H groups in total. The summed E-state index contributed by atoms with van der Waals surface area (Å²) in [4.78, 5) is 0. The molecule has 0 heterocycles. The summed E-state index contributed by atoms with van der Waals surface area (Å²) >= 11 is 0. The van der Waals surface area contributed by atoms with Crippen LogP contribution in [-0.4, -0.2) is 22.8 Å². The van der Waals surface area contributed by atoms with Gasteiger partial charge in [-0.2, -0.15) is 0 Å². The second-order valence-corrected chi connectivity index (χ2v) is 4.25. The topological polar surface area (TPSA) is 32.3 Å². The fourth-order valence-electron chi connectivity index (χ4n) is 1.79. The molecule has 2 nitrogen and oxygen atoms in total. The Labute approximate surface area is 82.7 Å². The standard InChI is InChI=1S/C11H25NO/c1-6-8-11(13,7-2)10(5)12-9(3)4/h9-10,12-13H,6-8H2,1-5H3. The Morgan fingerprint density at radius 3 is 2.08 bits per heavy atom. The van der Waals surface area contributed by atoms with Crippen LogP contribution in [0.15, 0.2) is 0 Å². The first-order valence-corrected chi connectivity index (χ1v) is 5.44. The number of rotatable bonds is 6. The van der Waals surface area contributed by atoms with Gasteiger partial charge in [-0.05, 0) is 19.8 Å². The van der Waals surface area contributed by atoms with Crippen molar-refractivity contribution in [2.45, 2.75) is 71.6 Å². The molecule has 0 aliphatic rings. The van der Waals surface area contributed by atoms with Crippen LogP contribution in [0.3, 0.4) is 0 Å². The summed E-state index contributed by atoms with van der Waals surface area (Å²) in [5.41, 5.74) is -0.529. The molecule has 0 spiro atoms. The molecule has 0 amide bonds. The Balaban J connectivity index is 4.19. The quantitative estimate of drug-likeness (QED) is 0.669. The van der Waals surface area contributed by atoms with Crippen LogP contribution >= 0.6 is 0 Å². The van der Waals surface area contributed by atoms with Gasteiger partial charge in [-0.3, -0.25) is 0 Å². The molecule has 0 bridgehead atoms. The summed E-state index contributed by atoms with van der Waals surface area (Å²) in [6.45, 7) is 10.5. The van der Waals surface area contributed by atoms with E-state index in [1.54, 1.807) is 0 Å². The molecule has 0 aliphatic carbocycles. The molecule has 2 atom stereocenters. The minimum atomic E-state index is -0.529. The maximum Gasteiger partial charge on any atom is 0.0794 e. The average molecular weight is 187 g/mol. The molecule has 0 aromatic rings. The van der Waals surface area contributed by atoms with Crippen molar-refractivity contribution in [3.8, 4) is 0 Å². The summed E-state index contributed by atoms with van der Waals surface area (Å²) in [6.07, 6.45) is 2.74. The van der Waals surface area contributed by atoms with E-state index >= 15 is 0 Å². The zero-order chi connectivity index (χ0) is 10.5. The molecule has 0 radical (unpaired) electrons. The van der Waals surface area contributed by atoms with Gasteiger partial charge in [0.15, 0.2) is 0 Å². The van der Waals surface area contributed by atoms with Gasteiger partial charge in [0.25, 0.3) is 0 Å². The third-order valence-electron chi connectivity index (χ3n) is 2.68. The van der Waals surface area contributed by atoms with Gasteiger partial charge < -0.3 is 10.4 Å². The van der Waals surface area contributed by atoms with Gasteiger partial charge >= 0.3 is 0 Å². The second-order valence-electron chi connectivity index (χ2n) is 4.25.